The molecule has 5 heteroatoms. The summed E-state index contributed by atoms with van der Waals surface area (Å²) >= 11 is 0. The molecule has 0 unspecified atom stereocenters. The molecule has 0 radical (unpaired) electrons. The van der Waals surface area contributed by atoms with Crippen molar-refractivity contribution < 1.29 is 4.74 Å². The summed E-state index contributed by atoms with van der Waals surface area (Å²) in [4.78, 5) is 8.10. The van der Waals surface area contributed by atoms with Crippen LogP contribution in [0.1, 0.15) is 19.4 Å². The third-order valence-electron chi connectivity index (χ3n) is 3.36. The Morgan fingerprint density at radius 1 is 1.16 bits per heavy atom. The topological polar surface area (TPSA) is 87.0 Å². The standard InChI is InChI=1S/C14H16N4O/c1-14(2)7-19-11-4-3-8(5-9(11)14)10-6-12(15)18-13(16)17-10/h3-6H,7H2,1-2H3,(H4,15,16,17,18). The number of rotatable bonds is 1. The van der Waals surface area contributed by atoms with E-state index in [2.05, 4.69) is 29.9 Å². The Labute approximate surface area is 111 Å². The molecule has 0 bridgehead atoms. The van der Waals surface area contributed by atoms with Gasteiger partial charge in [0.25, 0.3) is 0 Å². The molecule has 5 nitrogen and oxygen atoms in total. The summed E-state index contributed by atoms with van der Waals surface area (Å²) < 4.78 is 5.67. The Bertz CT molecular complexity index is 632. The van der Waals surface area contributed by atoms with Crippen LogP contribution in [0.2, 0.25) is 0 Å². The van der Waals surface area contributed by atoms with Gasteiger partial charge in [0, 0.05) is 22.6 Å². The van der Waals surface area contributed by atoms with E-state index in [1.807, 2.05) is 12.1 Å². The van der Waals surface area contributed by atoms with Gasteiger partial charge < -0.3 is 16.2 Å². The van der Waals surface area contributed by atoms with Crippen molar-refractivity contribution in [2.45, 2.75) is 19.3 Å². The van der Waals surface area contributed by atoms with Crippen LogP contribution in [-0.2, 0) is 5.41 Å². The maximum absolute atomic E-state index is 5.71. The highest BCUT2D eigenvalue weighted by Gasteiger charge is 2.31. The second-order valence-electron chi connectivity index (χ2n) is 5.42. The lowest BCUT2D eigenvalue weighted by Crippen LogP contribution is -2.18. The zero-order valence-electron chi connectivity index (χ0n) is 11.0. The van der Waals surface area contributed by atoms with Crippen molar-refractivity contribution in [1.29, 1.82) is 0 Å². The van der Waals surface area contributed by atoms with E-state index < -0.39 is 0 Å². The number of nitrogens with two attached hydrogens (primary N) is 2. The summed E-state index contributed by atoms with van der Waals surface area (Å²) in [6.45, 7) is 5.01. The Hall–Kier alpha value is -2.30. The molecule has 2 aromatic rings. The van der Waals surface area contributed by atoms with Crippen molar-refractivity contribution in [1.82, 2.24) is 9.97 Å². The minimum atomic E-state index is 0.00939. The number of anilines is 2. The molecule has 0 spiro atoms. The van der Waals surface area contributed by atoms with Crippen molar-refractivity contribution in [2.75, 3.05) is 18.1 Å². The Morgan fingerprint density at radius 2 is 1.95 bits per heavy atom. The Morgan fingerprint density at radius 3 is 2.68 bits per heavy atom. The van der Waals surface area contributed by atoms with Crippen LogP contribution in [0, 0.1) is 0 Å². The zero-order chi connectivity index (χ0) is 13.6. The molecular formula is C14H16N4O. The fraction of sp³-hybridized carbons (Fsp3) is 0.286. The smallest absolute Gasteiger partial charge is 0.222 e. The van der Waals surface area contributed by atoms with Gasteiger partial charge in [0.05, 0.1) is 12.3 Å². The van der Waals surface area contributed by atoms with Gasteiger partial charge in [-0.2, -0.15) is 4.98 Å². The third-order valence-corrected chi connectivity index (χ3v) is 3.36. The van der Waals surface area contributed by atoms with E-state index in [9.17, 15) is 0 Å². The lowest BCUT2D eigenvalue weighted by molar-refractivity contribution is 0.291. The van der Waals surface area contributed by atoms with E-state index >= 15 is 0 Å². The van der Waals surface area contributed by atoms with Crippen LogP contribution in [0.15, 0.2) is 24.3 Å². The molecular weight excluding hydrogens is 240 g/mol. The minimum Gasteiger partial charge on any atom is -0.492 e. The minimum absolute atomic E-state index is 0.00939. The second-order valence-corrected chi connectivity index (χ2v) is 5.42. The molecule has 0 saturated carbocycles. The lowest BCUT2D eigenvalue weighted by Gasteiger charge is -2.15. The highest BCUT2D eigenvalue weighted by Crippen LogP contribution is 2.40. The summed E-state index contributed by atoms with van der Waals surface area (Å²) in [5.74, 6) is 1.49. The molecule has 0 saturated heterocycles. The van der Waals surface area contributed by atoms with Crippen LogP contribution in [-0.4, -0.2) is 16.6 Å². The molecule has 0 amide bonds. The highest BCUT2D eigenvalue weighted by atomic mass is 16.5. The number of ether oxygens (including phenoxy) is 1. The van der Waals surface area contributed by atoms with Gasteiger partial charge in [0.1, 0.15) is 11.6 Å². The van der Waals surface area contributed by atoms with Crippen LogP contribution in [0.25, 0.3) is 11.3 Å². The highest BCUT2D eigenvalue weighted by molar-refractivity contribution is 5.66. The van der Waals surface area contributed by atoms with Gasteiger partial charge in [-0.3, -0.25) is 0 Å². The van der Waals surface area contributed by atoms with E-state index in [0.29, 0.717) is 12.4 Å². The first kappa shape index (κ1) is 11.8. The van der Waals surface area contributed by atoms with E-state index in [-0.39, 0.29) is 11.4 Å². The van der Waals surface area contributed by atoms with Crippen LogP contribution >= 0.6 is 0 Å². The summed E-state index contributed by atoms with van der Waals surface area (Å²) in [7, 11) is 0. The van der Waals surface area contributed by atoms with Crippen molar-refractivity contribution >= 4 is 11.8 Å². The second kappa shape index (κ2) is 3.85. The largest absolute Gasteiger partial charge is 0.492 e. The van der Waals surface area contributed by atoms with Gasteiger partial charge >= 0.3 is 0 Å². The van der Waals surface area contributed by atoms with Crippen LogP contribution in [0.3, 0.4) is 0 Å². The molecule has 0 aliphatic carbocycles. The van der Waals surface area contributed by atoms with Crippen LogP contribution < -0.4 is 16.2 Å². The summed E-state index contributed by atoms with van der Waals surface area (Å²) in [6.07, 6.45) is 0. The van der Waals surface area contributed by atoms with Gasteiger partial charge in [-0.05, 0) is 18.2 Å². The molecule has 0 fully saturated rings. The Balaban J connectivity index is 2.12. The maximum atomic E-state index is 5.71. The number of nitrogens with zero attached hydrogens (tertiary/aromatic N) is 2. The molecule has 0 atom stereocenters. The molecule has 3 rings (SSSR count). The van der Waals surface area contributed by atoms with Gasteiger partial charge in [-0.1, -0.05) is 13.8 Å². The number of benzene rings is 1. The summed E-state index contributed by atoms with van der Waals surface area (Å²) in [6, 6.07) is 7.74. The van der Waals surface area contributed by atoms with Crippen molar-refractivity contribution in [3.63, 3.8) is 0 Å². The Kier molecular flexibility index (Phi) is 2.38. The lowest BCUT2D eigenvalue weighted by atomic mass is 9.86. The first-order chi connectivity index (χ1) is 8.95. The SMILES string of the molecule is CC1(C)COc2ccc(-c3cc(N)nc(N)n3)cc21. The third kappa shape index (κ3) is 1.97. The van der Waals surface area contributed by atoms with Gasteiger partial charge in [-0.15, -0.1) is 0 Å². The quantitative estimate of drug-likeness (QED) is 0.814. The molecule has 1 aromatic carbocycles. The fourth-order valence-electron chi connectivity index (χ4n) is 2.31. The number of hydrogen-bond donors (Lipinski definition) is 2. The van der Waals surface area contributed by atoms with Crippen LogP contribution in [0.4, 0.5) is 11.8 Å². The first-order valence-corrected chi connectivity index (χ1v) is 6.13. The number of nitrogen functional groups attached to an aromatic ring is 2. The molecule has 2 heterocycles. The van der Waals surface area contributed by atoms with Crippen molar-refractivity contribution in [3.05, 3.63) is 29.8 Å². The van der Waals surface area contributed by atoms with Crippen LogP contribution in [0.5, 0.6) is 5.75 Å². The average Bonchev–Trinajstić information content (AvgIpc) is 2.64. The molecule has 19 heavy (non-hydrogen) atoms. The number of aromatic nitrogens is 2. The number of fused-ring (bicyclic) bond motifs is 1. The molecule has 98 valence electrons. The number of hydrogen-bond acceptors (Lipinski definition) is 5. The van der Waals surface area contributed by atoms with E-state index in [4.69, 9.17) is 16.2 Å². The van der Waals surface area contributed by atoms with E-state index in [0.717, 1.165) is 17.0 Å². The molecule has 1 aliphatic heterocycles. The fourth-order valence-corrected chi connectivity index (χ4v) is 2.31. The van der Waals surface area contributed by atoms with Crippen molar-refractivity contribution in [3.8, 4) is 17.0 Å². The normalized spacial score (nSPS) is 15.9. The van der Waals surface area contributed by atoms with Crippen molar-refractivity contribution in [2.24, 2.45) is 0 Å². The first-order valence-electron chi connectivity index (χ1n) is 6.13. The molecule has 4 N–H and O–H groups in total. The van der Waals surface area contributed by atoms with E-state index in [1.54, 1.807) is 6.07 Å². The monoisotopic (exact) mass is 256 g/mol. The van der Waals surface area contributed by atoms with Gasteiger partial charge in [0.2, 0.25) is 5.95 Å². The molecule has 1 aromatic heterocycles. The summed E-state index contributed by atoms with van der Waals surface area (Å²) in [5, 5.41) is 0. The summed E-state index contributed by atoms with van der Waals surface area (Å²) in [5.41, 5.74) is 14.2. The van der Waals surface area contributed by atoms with Gasteiger partial charge in [-0.25, -0.2) is 4.98 Å². The molecule has 1 aliphatic rings. The zero-order valence-corrected chi connectivity index (χ0v) is 11.0. The maximum Gasteiger partial charge on any atom is 0.222 e. The average molecular weight is 256 g/mol. The predicted octanol–water partition coefficient (Wildman–Crippen LogP) is 1.98. The van der Waals surface area contributed by atoms with E-state index in [1.165, 1.54) is 5.56 Å². The van der Waals surface area contributed by atoms with Gasteiger partial charge in [0.15, 0.2) is 0 Å². The predicted molar refractivity (Wildman–Crippen MR) is 74.8 cm³/mol.